The maximum absolute atomic E-state index is 9.28. The maximum atomic E-state index is 9.28. The molecule has 0 bridgehead atoms. The number of ether oxygens (including phenoxy) is 12. The second-order valence-corrected chi connectivity index (χ2v) is 25.7. The Labute approximate surface area is 500 Å². The summed E-state index contributed by atoms with van der Waals surface area (Å²) in [6.45, 7) is 6.72. The maximum Gasteiger partial charge on any atom is 0.0917 e. The summed E-state index contributed by atoms with van der Waals surface area (Å²) in [5.74, 6) is 0. The molecule has 18 heteroatoms. The van der Waals surface area contributed by atoms with E-state index in [0.717, 1.165) is 25.7 Å². The molecular formula is C66H92O16P2. The molecule has 84 heavy (non-hydrogen) atoms. The van der Waals surface area contributed by atoms with Crippen molar-refractivity contribution in [3.8, 4) is 0 Å². The highest BCUT2D eigenvalue weighted by Crippen LogP contribution is 2.63. The minimum Gasteiger partial charge on any atom is -0.394 e. The number of hydrogen-bond donors (Lipinski definition) is 4. The molecule has 2 fully saturated rings. The molecule has 9 atom stereocenters. The summed E-state index contributed by atoms with van der Waals surface area (Å²) in [6, 6.07) is 52.4. The third kappa shape index (κ3) is 22.8. The third-order valence-electron chi connectivity index (χ3n) is 14.8. The summed E-state index contributed by atoms with van der Waals surface area (Å²) >= 11 is 0. The quantitative estimate of drug-likeness (QED) is 0.0261. The van der Waals surface area contributed by atoms with Gasteiger partial charge in [-0.3, -0.25) is 0 Å². The summed E-state index contributed by atoms with van der Waals surface area (Å²) in [5, 5.41) is 39.8. The SMILES string of the molecule is OCCOCCOCCO[C@@H]1[C@H](OCCOCCOCCO)[C@H](Cc2ccccc2)P(c2ccccc2P2[C@@H](Cc3ccccc3)[C@@H](OCCOCCOCCO)[C@H](OCCOCCOCCO)[C@@H]2Cc2ccccc2)[C@H]1Cc1ccccc1. The summed E-state index contributed by atoms with van der Waals surface area (Å²) < 4.78 is 75.4. The summed E-state index contributed by atoms with van der Waals surface area (Å²) in [6.07, 6.45) is 1.74. The summed E-state index contributed by atoms with van der Waals surface area (Å²) in [4.78, 5) is 0. The largest absolute Gasteiger partial charge is 0.394 e. The zero-order valence-corrected chi connectivity index (χ0v) is 50.6. The topological polar surface area (TPSA) is 192 Å². The van der Waals surface area contributed by atoms with Crippen molar-refractivity contribution < 1.29 is 77.3 Å². The lowest BCUT2D eigenvalue weighted by Crippen LogP contribution is -2.40. The van der Waals surface area contributed by atoms with Crippen LogP contribution in [0.4, 0.5) is 0 Å². The van der Waals surface area contributed by atoms with E-state index in [0.29, 0.717) is 106 Å². The molecule has 0 aromatic heterocycles. The van der Waals surface area contributed by atoms with Gasteiger partial charge in [-0.05, 0) is 58.5 Å². The molecule has 5 aromatic carbocycles. The van der Waals surface area contributed by atoms with E-state index in [4.69, 9.17) is 56.8 Å². The first-order chi connectivity index (χ1) is 41.6. The monoisotopic (exact) mass is 1200 g/mol. The molecule has 2 aliphatic heterocycles. The molecular weight excluding hydrogens is 1110 g/mol. The van der Waals surface area contributed by atoms with E-state index in [1.807, 2.05) is 0 Å². The Hall–Kier alpha value is -3.68. The fourth-order valence-corrected chi connectivity index (χ4v) is 19.5. The van der Waals surface area contributed by atoms with Gasteiger partial charge in [0.05, 0.1) is 183 Å². The van der Waals surface area contributed by atoms with Crippen LogP contribution in [0.2, 0.25) is 0 Å². The van der Waals surface area contributed by atoms with E-state index in [-0.39, 0.29) is 99.9 Å². The van der Waals surface area contributed by atoms with E-state index >= 15 is 0 Å². The van der Waals surface area contributed by atoms with Crippen LogP contribution in [0.1, 0.15) is 22.3 Å². The number of rotatable bonds is 46. The predicted octanol–water partition coefficient (Wildman–Crippen LogP) is 6.02. The van der Waals surface area contributed by atoms with Gasteiger partial charge in [-0.25, -0.2) is 0 Å². The standard InChI is InChI=1S/C66H92O16P2/c67-25-29-71-33-37-75-41-45-79-63-59(49-53-15-5-1-6-16-53)83(60(50-54-17-7-2-8-18-54)64(63)80-46-42-76-38-34-72-30-26-68)57-23-13-14-24-58(57)84-61(51-55-19-9-3-10-20-55)65(81-47-43-77-39-35-73-31-27-69)66(62(84)52-56-21-11-4-12-22-56)82-48-44-78-40-36-74-32-28-70/h1-24,59-70H,25-52H2/t59-,60-,61-,62-,63-,64+,65+,66+,83?/m0/s1. The van der Waals surface area contributed by atoms with Crippen molar-refractivity contribution in [1.29, 1.82) is 0 Å². The van der Waals surface area contributed by atoms with Crippen LogP contribution in [-0.2, 0) is 82.5 Å². The van der Waals surface area contributed by atoms with Crippen LogP contribution < -0.4 is 10.6 Å². The number of aliphatic hydroxyl groups is 4. The molecule has 2 saturated heterocycles. The van der Waals surface area contributed by atoms with Crippen LogP contribution in [0.15, 0.2) is 146 Å². The van der Waals surface area contributed by atoms with Crippen molar-refractivity contribution in [3.05, 3.63) is 168 Å². The van der Waals surface area contributed by atoms with Gasteiger partial charge in [-0.15, -0.1) is 0 Å². The average molecular weight is 1200 g/mol. The lowest BCUT2D eigenvalue weighted by atomic mass is 9.98. The first kappa shape index (κ1) is 67.8. The second kappa shape index (κ2) is 41.5. The molecule has 0 radical (unpaired) electrons. The Balaban J connectivity index is 1.34. The Kier molecular flexibility index (Phi) is 33.5. The Morgan fingerprint density at radius 2 is 0.429 bits per heavy atom. The third-order valence-corrected chi connectivity index (χ3v) is 21.6. The average Bonchev–Trinajstić information content (AvgIpc) is 2.42. The Morgan fingerprint density at radius 3 is 0.643 bits per heavy atom. The smallest absolute Gasteiger partial charge is 0.0917 e. The lowest BCUT2D eigenvalue weighted by molar-refractivity contribution is -0.0909. The van der Waals surface area contributed by atoms with Crippen molar-refractivity contribution in [2.75, 3.05) is 159 Å². The highest BCUT2D eigenvalue weighted by atomic mass is 31.1. The normalized spacial score (nSPS) is 22.3. The van der Waals surface area contributed by atoms with Gasteiger partial charge >= 0.3 is 0 Å². The van der Waals surface area contributed by atoms with E-state index in [1.165, 1.54) is 32.9 Å². The molecule has 1 unspecified atom stereocenters. The van der Waals surface area contributed by atoms with Crippen LogP contribution in [0.3, 0.4) is 0 Å². The van der Waals surface area contributed by atoms with Crippen LogP contribution >= 0.6 is 15.8 Å². The molecule has 462 valence electrons. The van der Waals surface area contributed by atoms with E-state index in [9.17, 15) is 20.4 Å². The van der Waals surface area contributed by atoms with Gasteiger partial charge in [0.1, 0.15) is 0 Å². The molecule has 2 aliphatic rings. The van der Waals surface area contributed by atoms with Crippen molar-refractivity contribution in [2.45, 2.75) is 72.7 Å². The van der Waals surface area contributed by atoms with Gasteiger partial charge in [-0.1, -0.05) is 161 Å². The van der Waals surface area contributed by atoms with Crippen LogP contribution in [-0.4, -0.2) is 226 Å². The van der Waals surface area contributed by atoms with Crippen molar-refractivity contribution in [3.63, 3.8) is 0 Å². The lowest BCUT2D eigenvalue weighted by Gasteiger charge is -2.35. The summed E-state index contributed by atoms with van der Waals surface area (Å²) in [5.41, 5.74) is 4.95. The Bertz CT molecular complexity index is 2090. The minimum absolute atomic E-state index is 0.0109. The van der Waals surface area contributed by atoms with Gasteiger partial charge in [0.25, 0.3) is 0 Å². The van der Waals surface area contributed by atoms with Crippen LogP contribution in [0, 0.1) is 0 Å². The molecule has 7 rings (SSSR count). The molecule has 0 saturated carbocycles. The molecule has 0 aliphatic carbocycles. The fourth-order valence-electron chi connectivity index (χ4n) is 11.2. The number of benzene rings is 5. The van der Waals surface area contributed by atoms with Crippen molar-refractivity contribution in [1.82, 2.24) is 0 Å². The first-order valence-electron chi connectivity index (χ1n) is 30.0. The van der Waals surface area contributed by atoms with Gasteiger partial charge in [0.2, 0.25) is 0 Å². The van der Waals surface area contributed by atoms with E-state index in [2.05, 4.69) is 146 Å². The molecule has 0 amide bonds. The van der Waals surface area contributed by atoms with Gasteiger partial charge < -0.3 is 77.3 Å². The zero-order valence-electron chi connectivity index (χ0n) is 48.9. The molecule has 5 aromatic rings. The molecule has 2 heterocycles. The van der Waals surface area contributed by atoms with Gasteiger partial charge in [0, 0.05) is 22.6 Å². The highest BCUT2D eigenvalue weighted by molar-refractivity contribution is 7.73. The second-order valence-electron chi connectivity index (χ2n) is 20.5. The fraction of sp³-hybridized carbons (Fsp3) is 0.545. The predicted molar refractivity (Wildman–Crippen MR) is 329 cm³/mol. The van der Waals surface area contributed by atoms with E-state index < -0.39 is 15.8 Å². The van der Waals surface area contributed by atoms with Gasteiger partial charge in [0.15, 0.2) is 0 Å². The molecule has 16 nitrogen and oxygen atoms in total. The minimum atomic E-state index is -1.11. The van der Waals surface area contributed by atoms with Crippen molar-refractivity contribution in [2.24, 2.45) is 0 Å². The number of aliphatic hydroxyl groups excluding tert-OH is 4. The van der Waals surface area contributed by atoms with Crippen molar-refractivity contribution >= 4 is 26.5 Å². The first-order valence-corrected chi connectivity index (χ1v) is 32.9. The molecule has 4 N–H and O–H groups in total. The zero-order chi connectivity index (χ0) is 58.5. The number of hydrogen-bond acceptors (Lipinski definition) is 16. The van der Waals surface area contributed by atoms with Crippen LogP contribution in [0.25, 0.3) is 0 Å². The van der Waals surface area contributed by atoms with Gasteiger partial charge in [-0.2, -0.15) is 0 Å². The Morgan fingerprint density at radius 1 is 0.238 bits per heavy atom. The molecule has 0 spiro atoms. The summed E-state index contributed by atoms with van der Waals surface area (Å²) in [7, 11) is -2.22. The van der Waals surface area contributed by atoms with E-state index in [1.54, 1.807) is 0 Å². The highest BCUT2D eigenvalue weighted by Gasteiger charge is 2.56. The van der Waals surface area contributed by atoms with Crippen LogP contribution in [0.5, 0.6) is 0 Å².